The van der Waals surface area contributed by atoms with Crippen LogP contribution in [0.2, 0.25) is 0 Å². The molecule has 1 aromatic heterocycles. The summed E-state index contributed by atoms with van der Waals surface area (Å²) >= 11 is 0. The fourth-order valence-corrected chi connectivity index (χ4v) is 1.76. The molecule has 4 nitrogen and oxygen atoms in total. The van der Waals surface area contributed by atoms with E-state index in [1.54, 1.807) is 7.11 Å². The van der Waals surface area contributed by atoms with Gasteiger partial charge in [-0.15, -0.1) is 0 Å². The zero-order valence-electron chi connectivity index (χ0n) is 10.7. The van der Waals surface area contributed by atoms with E-state index in [1.807, 2.05) is 35.3 Å². The standard InChI is InChI=1S/C14H19N3O/c1-18-9-5-8-15-14-10-16-17(12-14)11-13-6-3-2-4-7-13/h2-4,6-7,10,12,15H,5,8-9,11H2,1H3. The molecule has 0 saturated carbocycles. The quantitative estimate of drug-likeness (QED) is 0.761. The Morgan fingerprint density at radius 1 is 1.28 bits per heavy atom. The van der Waals surface area contributed by atoms with Gasteiger partial charge in [-0.1, -0.05) is 30.3 Å². The molecular weight excluding hydrogens is 226 g/mol. The molecule has 0 saturated heterocycles. The molecule has 0 spiro atoms. The molecule has 0 unspecified atom stereocenters. The van der Waals surface area contributed by atoms with E-state index >= 15 is 0 Å². The predicted octanol–water partition coefficient (Wildman–Crippen LogP) is 2.38. The van der Waals surface area contributed by atoms with Crippen molar-refractivity contribution in [2.75, 3.05) is 25.6 Å². The van der Waals surface area contributed by atoms with Gasteiger partial charge < -0.3 is 10.1 Å². The molecule has 1 N–H and O–H groups in total. The molecular formula is C14H19N3O. The largest absolute Gasteiger partial charge is 0.385 e. The number of ether oxygens (including phenoxy) is 1. The summed E-state index contributed by atoms with van der Waals surface area (Å²) in [4.78, 5) is 0. The maximum absolute atomic E-state index is 5.00. The first-order valence-electron chi connectivity index (χ1n) is 6.17. The fraction of sp³-hybridized carbons (Fsp3) is 0.357. The molecule has 1 aromatic carbocycles. The van der Waals surface area contributed by atoms with E-state index in [-0.39, 0.29) is 0 Å². The van der Waals surface area contributed by atoms with E-state index in [4.69, 9.17) is 4.74 Å². The number of hydrogen-bond donors (Lipinski definition) is 1. The first-order chi connectivity index (χ1) is 8.88. The highest BCUT2D eigenvalue weighted by Crippen LogP contribution is 2.07. The summed E-state index contributed by atoms with van der Waals surface area (Å²) in [6.45, 7) is 2.50. The smallest absolute Gasteiger partial charge is 0.0726 e. The minimum absolute atomic E-state index is 0.783. The fourth-order valence-electron chi connectivity index (χ4n) is 1.76. The van der Waals surface area contributed by atoms with Crippen LogP contribution in [-0.4, -0.2) is 30.0 Å². The number of benzene rings is 1. The lowest BCUT2D eigenvalue weighted by Crippen LogP contribution is -2.04. The van der Waals surface area contributed by atoms with Crippen LogP contribution in [0.1, 0.15) is 12.0 Å². The lowest BCUT2D eigenvalue weighted by Gasteiger charge is -2.02. The zero-order valence-corrected chi connectivity index (χ0v) is 10.7. The van der Waals surface area contributed by atoms with Crippen molar-refractivity contribution >= 4 is 5.69 Å². The maximum atomic E-state index is 5.00. The molecule has 0 fully saturated rings. The van der Waals surface area contributed by atoms with Crippen LogP contribution in [0, 0.1) is 0 Å². The summed E-state index contributed by atoms with van der Waals surface area (Å²) in [5.74, 6) is 0. The van der Waals surface area contributed by atoms with Gasteiger partial charge in [-0.25, -0.2) is 0 Å². The van der Waals surface area contributed by atoms with Gasteiger partial charge in [0.25, 0.3) is 0 Å². The number of nitrogens with zero attached hydrogens (tertiary/aromatic N) is 2. The summed E-state index contributed by atoms with van der Waals surface area (Å²) in [7, 11) is 1.72. The second-order valence-corrected chi connectivity index (χ2v) is 4.19. The Balaban J connectivity index is 1.83. The zero-order chi connectivity index (χ0) is 12.6. The number of rotatable bonds is 7. The summed E-state index contributed by atoms with van der Waals surface area (Å²) in [5.41, 5.74) is 2.31. The highest BCUT2D eigenvalue weighted by Gasteiger charge is 1.98. The maximum Gasteiger partial charge on any atom is 0.0726 e. The highest BCUT2D eigenvalue weighted by atomic mass is 16.5. The van der Waals surface area contributed by atoms with Gasteiger partial charge in [0.15, 0.2) is 0 Å². The van der Waals surface area contributed by atoms with E-state index in [0.717, 1.165) is 31.8 Å². The first kappa shape index (κ1) is 12.6. The number of nitrogens with one attached hydrogen (secondary N) is 1. The number of anilines is 1. The average Bonchev–Trinajstić information content (AvgIpc) is 2.84. The highest BCUT2D eigenvalue weighted by molar-refractivity contribution is 5.38. The third-order valence-corrected chi connectivity index (χ3v) is 2.68. The minimum atomic E-state index is 0.783. The Bertz CT molecular complexity index is 453. The van der Waals surface area contributed by atoms with Gasteiger partial charge in [0.05, 0.1) is 18.4 Å². The summed E-state index contributed by atoms with van der Waals surface area (Å²) < 4.78 is 6.94. The van der Waals surface area contributed by atoms with Crippen molar-refractivity contribution in [3.8, 4) is 0 Å². The molecule has 0 radical (unpaired) electrons. The SMILES string of the molecule is COCCCNc1cnn(Cc2ccccc2)c1. The van der Waals surface area contributed by atoms with E-state index in [1.165, 1.54) is 5.56 Å². The van der Waals surface area contributed by atoms with Gasteiger partial charge in [0.1, 0.15) is 0 Å². The van der Waals surface area contributed by atoms with Crippen LogP contribution < -0.4 is 5.32 Å². The topological polar surface area (TPSA) is 39.1 Å². The summed E-state index contributed by atoms with van der Waals surface area (Å²) in [6, 6.07) is 10.3. The summed E-state index contributed by atoms with van der Waals surface area (Å²) in [5, 5.41) is 7.66. The molecule has 0 amide bonds. The van der Waals surface area contributed by atoms with Crippen LogP contribution in [0.3, 0.4) is 0 Å². The van der Waals surface area contributed by atoms with Gasteiger partial charge in [0, 0.05) is 26.5 Å². The van der Waals surface area contributed by atoms with E-state index < -0.39 is 0 Å². The molecule has 0 aliphatic carbocycles. The van der Waals surface area contributed by atoms with Crippen LogP contribution in [0.4, 0.5) is 5.69 Å². The Labute approximate surface area is 108 Å². The van der Waals surface area contributed by atoms with E-state index in [9.17, 15) is 0 Å². The van der Waals surface area contributed by atoms with E-state index in [0.29, 0.717) is 0 Å². The first-order valence-corrected chi connectivity index (χ1v) is 6.17. The molecule has 0 atom stereocenters. The van der Waals surface area contributed by atoms with E-state index in [2.05, 4.69) is 22.5 Å². The molecule has 0 bridgehead atoms. The second kappa shape index (κ2) is 6.81. The van der Waals surface area contributed by atoms with Crippen LogP contribution in [-0.2, 0) is 11.3 Å². The molecule has 2 aromatic rings. The van der Waals surface area contributed by atoms with Crippen molar-refractivity contribution < 1.29 is 4.74 Å². The van der Waals surface area contributed by atoms with Crippen LogP contribution in [0.15, 0.2) is 42.7 Å². The number of hydrogen-bond acceptors (Lipinski definition) is 3. The molecule has 2 rings (SSSR count). The monoisotopic (exact) mass is 245 g/mol. The number of aromatic nitrogens is 2. The predicted molar refractivity (Wildman–Crippen MR) is 72.8 cm³/mol. The average molecular weight is 245 g/mol. The molecule has 1 heterocycles. The van der Waals surface area contributed by atoms with Crippen LogP contribution in [0.25, 0.3) is 0 Å². The Hall–Kier alpha value is -1.81. The third kappa shape index (κ3) is 3.89. The van der Waals surface area contributed by atoms with Crippen molar-refractivity contribution in [2.24, 2.45) is 0 Å². The number of methoxy groups -OCH3 is 1. The lowest BCUT2D eigenvalue weighted by molar-refractivity contribution is 0.198. The van der Waals surface area contributed by atoms with Crippen molar-refractivity contribution in [3.63, 3.8) is 0 Å². The molecule has 0 aliphatic rings. The third-order valence-electron chi connectivity index (χ3n) is 2.68. The summed E-state index contributed by atoms with van der Waals surface area (Å²) in [6.07, 6.45) is 4.88. The van der Waals surface area contributed by atoms with Gasteiger partial charge in [-0.3, -0.25) is 4.68 Å². The Morgan fingerprint density at radius 3 is 2.89 bits per heavy atom. The second-order valence-electron chi connectivity index (χ2n) is 4.19. The van der Waals surface area contributed by atoms with Crippen molar-refractivity contribution in [1.82, 2.24) is 9.78 Å². The normalized spacial score (nSPS) is 10.5. The van der Waals surface area contributed by atoms with Gasteiger partial charge >= 0.3 is 0 Å². The minimum Gasteiger partial charge on any atom is -0.385 e. The molecule has 96 valence electrons. The Kier molecular flexibility index (Phi) is 4.78. The Morgan fingerprint density at radius 2 is 2.11 bits per heavy atom. The van der Waals surface area contributed by atoms with Gasteiger partial charge in [0.2, 0.25) is 0 Å². The van der Waals surface area contributed by atoms with Crippen molar-refractivity contribution in [2.45, 2.75) is 13.0 Å². The van der Waals surface area contributed by atoms with Crippen LogP contribution >= 0.6 is 0 Å². The lowest BCUT2D eigenvalue weighted by atomic mass is 10.2. The van der Waals surface area contributed by atoms with Gasteiger partial charge in [-0.05, 0) is 12.0 Å². The van der Waals surface area contributed by atoms with Crippen LogP contribution in [0.5, 0.6) is 0 Å². The van der Waals surface area contributed by atoms with Crippen molar-refractivity contribution in [1.29, 1.82) is 0 Å². The van der Waals surface area contributed by atoms with Gasteiger partial charge in [-0.2, -0.15) is 5.10 Å². The molecule has 18 heavy (non-hydrogen) atoms. The van der Waals surface area contributed by atoms with Crippen molar-refractivity contribution in [3.05, 3.63) is 48.3 Å². The molecule has 0 aliphatic heterocycles. The molecule has 4 heteroatoms.